The van der Waals surface area contributed by atoms with Crippen LogP contribution in [0.1, 0.15) is 27.8 Å². The summed E-state index contributed by atoms with van der Waals surface area (Å²) in [5.41, 5.74) is 4.51. The lowest BCUT2D eigenvalue weighted by Crippen LogP contribution is -2.64. The van der Waals surface area contributed by atoms with E-state index < -0.39 is 74.6 Å². The first-order valence-electron chi connectivity index (χ1n) is 19.7. The third-order valence-corrected chi connectivity index (χ3v) is 10.3. The molecule has 0 unspecified atom stereocenters. The number of rotatable bonds is 20. The van der Waals surface area contributed by atoms with Crippen molar-refractivity contribution in [2.24, 2.45) is 0 Å². The Bertz CT molecular complexity index is 1890. The van der Waals surface area contributed by atoms with Crippen LogP contribution < -0.4 is 0 Å². The maximum atomic E-state index is 11.4. The smallest absolute Gasteiger partial charge is 0.224 e. The van der Waals surface area contributed by atoms with Crippen molar-refractivity contribution < 1.29 is 53.2 Å². The summed E-state index contributed by atoms with van der Waals surface area (Å²) in [5, 5.41) is 33.0. The molecule has 5 aromatic rings. The van der Waals surface area contributed by atoms with Crippen LogP contribution in [0.5, 0.6) is 0 Å². The van der Waals surface area contributed by atoms with Gasteiger partial charge in [-0.2, -0.15) is 0 Å². The Morgan fingerprint density at radius 2 is 0.776 bits per heavy atom. The Labute approximate surface area is 339 Å². The van der Waals surface area contributed by atoms with Gasteiger partial charge >= 0.3 is 0 Å². The molecule has 0 radical (unpaired) electrons. The van der Waals surface area contributed by atoms with E-state index in [1.165, 1.54) is 0 Å². The van der Waals surface area contributed by atoms with E-state index in [-0.39, 0.29) is 33.0 Å². The third kappa shape index (κ3) is 10.6. The zero-order valence-electron chi connectivity index (χ0n) is 32.3. The lowest BCUT2D eigenvalue weighted by Gasteiger charge is -2.48. The van der Waals surface area contributed by atoms with E-state index in [1.54, 1.807) is 0 Å². The Morgan fingerprint density at radius 3 is 1.17 bits per heavy atom. The first kappa shape index (κ1) is 41.8. The molecule has 0 saturated carbocycles. The number of hydrogen-bond donors (Lipinski definition) is 3. The fraction of sp³-hybridized carbons (Fsp3) is 0.362. The molecule has 11 heteroatoms. The Kier molecular flexibility index (Phi) is 15.2. The van der Waals surface area contributed by atoms with E-state index >= 15 is 0 Å². The first-order valence-corrected chi connectivity index (χ1v) is 19.7. The minimum Gasteiger partial charge on any atom is -0.394 e. The van der Waals surface area contributed by atoms with E-state index in [4.69, 9.17) is 37.9 Å². The van der Waals surface area contributed by atoms with Crippen molar-refractivity contribution in [1.29, 1.82) is 0 Å². The van der Waals surface area contributed by atoms with Gasteiger partial charge in [-0.1, -0.05) is 152 Å². The molecule has 7 rings (SSSR count). The minimum atomic E-state index is -1.93. The van der Waals surface area contributed by atoms with E-state index in [9.17, 15) is 15.3 Å². The van der Waals surface area contributed by atoms with Gasteiger partial charge in [-0.3, -0.25) is 0 Å². The fourth-order valence-electron chi connectivity index (χ4n) is 7.36. The predicted molar refractivity (Wildman–Crippen MR) is 214 cm³/mol. The van der Waals surface area contributed by atoms with Gasteiger partial charge in [-0.05, 0) is 27.8 Å². The molecule has 0 spiro atoms. The molecular formula is C47H52O11. The second kappa shape index (κ2) is 21.1. The molecule has 2 aliphatic rings. The van der Waals surface area contributed by atoms with Crippen LogP contribution in [-0.2, 0) is 70.9 Å². The normalized spacial score (nSPS) is 27.1. The SMILES string of the molecule is OC[C@H]1O[C@@](CO)(O[C@H]2O[C@H](CO)[C@@H](OCc3ccccc3)[C@H](OCc3ccccc3)[C@H]2OCc2ccccc2)[C@@H](OCc2ccccc2)[C@@H]1OCc1ccccc1. The van der Waals surface area contributed by atoms with Gasteiger partial charge < -0.3 is 53.2 Å². The summed E-state index contributed by atoms with van der Waals surface area (Å²) in [6.07, 6.45) is -7.83. The molecule has 0 aliphatic carbocycles. The quantitative estimate of drug-likeness (QED) is 0.0893. The Morgan fingerprint density at radius 1 is 0.414 bits per heavy atom. The Hall–Kier alpha value is -4.34. The summed E-state index contributed by atoms with van der Waals surface area (Å²) in [7, 11) is 0. The summed E-state index contributed by atoms with van der Waals surface area (Å²) < 4.78 is 53.0. The zero-order chi connectivity index (χ0) is 40.0. The van der Waals surface area contributed by atoms with E-state index in [2.05, 4.69) is 0 Å². The van der Waals surface area contributed by atoms with Crippen LogP contribution in [0.3, 0.4) is 0 Å². The number of aliphatic hydroxyl groups excluding tert-OH is 3. The number of benzene rings is 5. The van der Waals surface area contributed by atoms with Gasteiger partial charge in [0.15, 0.2) is 6.29 Å². The molecular weight excluding hydrogens is 741 g/mol. The standard InChI is InChI=1S/C47H52O11/c48-26-39-41(51-28-34-16-6-1-7-17-34)43(53-30-36-20-10-3-11-21-36)44(54-31-37-22-12-4-13-23-37)46(56-39)58-47(33-50)45(55-32-38-24-14-5-15-25-38)42(40(27-49)57-47)52-29-35-18-8-2-9-19-35/h1-25,39-46,48-50H,26-33H2/t39-,40-,41-,42-,43+,44-,45+,46-,47+/m1/s1. The van der Waals surface area contributed by atoms with Gasteiger partial charge in [0.2, 0.25) is 5.79 Å². The van der Waals surface area contributed by atoms with Crippen LogP contribution in [0.4, 0.5) is 0 Å². The van der Waals surface area contributed by atoms with E-state index in [0.717, 1.165) is 27.8 Å². The van der Waals surface area contributed by atoms with Crippen LogP contribution in [-0.4, -0.2) is 89.9 Å². The van der Waals surface area contributed by atoms with E-state index in [0.29, 0.717) is 0 Å². The van der Waals surface area contributed by atoms with Gasteiger partial charge in [-0.15, -0.1) is 0 Å². The second-order valence-corrected chi connectivity index (χ2v) is 14.4. The van der Waals surface area contributed by atoms with Crippen LogP contribution in [0.15, 0.2) is 152 Å². The zero-order valence-corrected chi connectivity index (χ0v) is 32.3. The van der Waals surface area contributed by atoms with Crippen molar-refractivity contribution in [2.75, 3.05) is 19.8 Å². The summed E-state index contributed by atoms with van der Waals surface area (Å²) in [6.45, 7) is -0.732. The highest BCUT2D eigenvalue weighted by Gasteiger charge is 2.61. The predicted octanol–water partition coefficient (Wildman–Crippen LogP) is 5.73. The molecule has 2 fully saturated rings. The maximum Gasteiger partial charge on any atom is 0.224 e. The van der Waals surface area contributed by atoms with Crippen LogP contribution >= 0.6 is 0 Å². The van der Waals surface area contributed by atoms with Gasteiger partial charge in [0.25, 0.3) is 0 Å². The summed E-state index contributed by atoms with van der Waals surface area (Å²) >= 11 is 0. The highest BCUT2D eigenvalue weighted by atomic mass is 16.8. The molecule has 3 N–H and O–H groups in total. The highest BCUT2D eigenvalue weighted by Crippen LogP contribution is 2.41. The second-order valence-electron chi connectivity index (χ2n) is 14.4. The number of aliphatic hydroxyl groups is 3. The molecule has 5 aromatic carbocycles. The minimum absolute atomic E-state index is 0.125. The van der Waals surface area contributed by atoms with Crippen LogP contribution in [0, 0.1) is 0 Å². The molecule has 0 aromatic heterocycles. The van der Waals surface area contributed by atoms with Gasteiger partial charge in [-0.25, -0.2) is 0 Å². The fourth-order valence-corrected chi connectivity index (χ4v) is 7.36. The van der Waals surface area contributed by atoms with Gasteiger partial charge in [0, 0.05) is 0 Å². The molecule has 11 nitrogen and oxygen atoms in total. The summed E-state index contributed by atoms with van der Waals surface area (Å²) in [4.78, 5) is 0. The van der Waals surface area contributed by atoms with Crippen LogP contribution in [0.25, 0.3) is 0 Å². The molecule has 9 atom stereocenters. The van der Waals surface area contributed by atoms with Crippen molar-refractivity contribution >= 4 is 0 Å². The molecule has 2 heterocycles. The summed E-state index contributed by atoms with van der Waals surface area (Å²) in [6, 6.07) is 48.3. The number of hydrogen-bond acceptors (Lipinski definition) is 11. The lowest BCUT2D eigenvalue weighted by atomic mass is 9.97. The van der Waals surface area contributed by atoms with Crippen molar-refractivity contribution in [3.05, 3.63) is 179 Å². The number of ether oxygens (including phenoxy) is 8. The molecule has 0 amide bonds. The molecule has 0 bridgehead atoms. The molecule has 306 valence electrons. The van der Waals surface area contributed by atoms with Crippen molar-refractivity contribution in [2.45, 2.75) is 87.8 Å². The monoisotopic (exact) mass is 792 g/mol. The van der Waals surface area contributed by atoms with Gasteiger partial charge in [0.1, 0.15) is 49.3 Å². The third-order valence-electron chi connectivity index (χ3n) is 10.3. The van der Waals surface area contributed by atoms with Crippen molar-refractivity contribution in [3.63, 3.8) is 0 Å². The Balaban J connectivity index is 1.24. The van der Waals surface area contributed by atoms with Crippen molar-refractivity contribution in [3.8, 4) is 0 Å². The maximum absolute atomic E-state index is 11.4. The highest BCUT2D eigenvalue weighted by molar-refractivity contribution is 5.18. The molecule has 58 heavy (non-hydrogen) atoms. The van der Waals surface area contributed by atoms with Gasteiger partial charge in [0.05, 0.1) is 46.2 Å². The van der Waals surface area contributed by atoms with Crippen molar-refractivity contribution in [1.82, 2.24) is 0 Å². The lowest BCUT2D eigenvalue weighted by molar-refractivity contribution is -0.396. The first-order chi connectivity index (χ1) is 28.6. The molecule has 2 aliphatic heterocycles. The molecule has 2 saturated heterocycles. The topological polar surface area (TPSA) is 135 Å². The largest absolute Gasteiger partial charge is 0.394 e. The summed E-state index contributed by atoms with van der Waals surface area (Å²) in [5.74, 6) is -1.93. The van der Waals surface area contributed by atoms with E-state index in [1.807, 2.05) is 152 Å². The average Bonchev–Trinajstić information content (AvgIpc) is 3.59. The average molecular weight is 793 g/mol. The van der Waals surface area contributed by atoms with Crippen LogP contribution in [0.2, 0.25) is 0 Å².